The van der Waals surface area contributed by atoms with E-state index in [4.69, 9.17) is 38.4 Å². The molecular weight excluding hydrogens is 411 g/mol. The molecule has 2 N–H and O–H groups in total. The van der Waals surface area contributed by atoms with Crippen molar-refractivity contribution in [1.82, 2.24) is 0 Å². The first-order valence-corrected chi connectivity index (χ1v) is 10.6. The number of unbranched alkanes of at least 4 members (excludes halogenated alkanes) is 2. The van der Waals surface area contributed by atoms with Gasteiger partial charge in [0.15, 0.2) is 5.41 Å². The lowest BCUT2D eigenvalue weighted by Gasteiger charge is -2.32. The molecule has 29 heavy (non-hydrogen) atoms. The molecule has 1 aromatic carbocycles. The number of nitrogens with zero attached hydrogens (tertiary/aromatic N) is 3. The molecule has 1 fully saturated rings. The van der Waals surface area contributed by atoms with Crippen LogP contribution in [0.3, 0.4) is 0 Å². The van der Waals surface area contributed by atoms with E-state index in [-0.39, 0.29) is 5.84 Å². The number of ether oxygens (including phenoxy) is 2. The molecule has 2 aliphatic rings. The Morgan fingerprint density at radius 2 is 1.72 bits per heavy atom. The molecule has 3 atom stereocenters. The van der Waals surface area contributed by atoms with Gasteiger partial charge in [-0.1, -0.05) is 56.0 Å². The quantitative estimate of drug-likeness (QED) is 0.445. The second-order valence-corrected chi connectivity index (χ2v) is 8.27. The lowest BCUT2D eigenvalue weighted by molar-refractivity contribution is -0.260. The molecule has 6 nitrogen and oxygen atoms in total. The molecule has 0 aromatic heterocycles. The van der Waals surface area contributed by atoms with Crippen LogP contribution in [-0.2, 0) is 9.47 Å². The molecule has 1 heterocycles. The van der Waals surface area contributed by atoms with Gasteiger partial charge in [0.1, 0.15) is 11.3 Å². The van der Waals surface area contributed by atoms with Gasteiger partial charge in [-0.15, -0.1) is 0 Å². The van der Waals surface area contributed by atoms with Crippen molar-refractivity contribution in [3.8, 4) is 12.1 Å². The third-order valence-corrected chi connectivity index (χ3v) is 6.35. The lowest BCUT2D eigenvalue weighted by atomic mass is 9.93. The zero-order valence-corrected chi connectivity index (χ0v) is 18.1. The Labute approximate surface area is 181 Å². The van der Waals surface area contributed by atoms with E-state index in [1.54, 1.807) is 18.2 Å². The fourth-order valence-corrected chi connectivity index (χ4v) is 4.79. The van der Waals surface area contributed by atoms with E-state index in [2.05, 4.69) is 17.1 Å². The average Bonchev–Trinajstić information content (AvgIpc) is 3.26. The first-order valence-electron chi connectivity index (χ1n) is 9.81. The molecule has 1 aliphatic heterocycles. The van der Waals surface area contributed by atoms with E-state index in [9.17, 15) is 10.5 Å². The van der Waals surface area contributed by atoms with Crippen molar-refractivity contribution in [2.45, 2.75) is 51.4 Å². The van der Waals surface area contributed by atoms with E-state index < -0.39 is 22.7 Å². The number of benzene rings is 1. The highest BCUT2D eigenvalue weighted by molar-refractivity contribution is 6.35. The molecule has 0 amide bonds. The maximum absolute atomic E-state index is 10.3. The smallest absolute Gasteiger partial charge is 0.293 e. The minimum Gasteiger partial charge on any atom is -0.386 e. The number of fused-ring (bicyclic) bond motifs is 1. The average molecular weight is 435 g/mol. The summed E-state index contributed by atoms with van der Waals surface area (Å²) in [4.78, 5) is 4.44. The Balaban J connectivity index is 2.13. The monoisotopic (exact) mass is 434 g/mol. The number of rotatable bonds is 9. The number of hydrogen-bond donors (Lipinski definition) is 1. The normalized spacial score (nSPS) is 28.9. The van der Waals surface area contributed by atoms with Crippen molar-refractivity contribution in [1.29, 1.82) is 10.5 Å². The Bertz CT molecular complexity index is 897. The fraction of sp³-hybridized carbons (Fsp3) is 0.571. The molecule has 1 aliphatic carbocycles. The van der Waals surface area contributed by atoms with Gasteiger partial charge in [0, 0.05) is 16.0 Å². The van der Waals surface area contributed by atoms with Crippen LogP contribution < -0.4 is 5.73 Å². The Morgan fingerprint density at radius 3 is 2.21 bits per heavy atom. The molecule has 0 radical (unpaired) electrons. The highest BCUT2D eigenvalue weighted by Crippen LogP contribution is 2.82. The van der Waals surface area contributed by atoms with Gasteiger partial charge in [0.25, 0.3) is 5.91 Å². The van der Waals surface area contributed by atoms with Gasteiger partial charge in [-0.2, -0.15) is 10.5 Å². The first-order chi connectivity index (χ1) is 13.9. The van der Waals surface area contributed by atoms with E-state index in [1.165, 1.54) is 0 Å². The number of nitrogens with two attached hydrogens (primary N) is 1. The summed E-state index contributed by atoms with van der Waals surface area (Å²) in [5.41, 5.74) is 4.09. The topological polar surface area (TPSA) is 104 Å². The minimum atomic E-state index is -1.64. The van der Waals surface area contributed by atoms with Crippen LogP contribution in [0, 0.1) is 33.5 Å². The highest BCUT2D eigenvalue weighted by Gasteiger charge is 2.94. The van der Waals surface area contributed by atoms with Gasteiger partial charge in [0.05, 0.1) is 25.4 Å². The first kappa shape index (κ1) is 21.9. The summed E-state index contributed by atoms with van der Waals surface area (Å²) in [7, 11) is 0. The van der Waals surface area contributed by atoms with E-state index in [0.29, 0.717) is 28.8 Å². The number of nitriles is 2. The number of amidine groups is 1. The summed E-state index contributed by atoms with van der Waals surface area (Å²) < 4.78 is 12.2. The van der Waals surface area contributed by atoms with Gasteiger partial charge in [-0.3, -0.25) is 0 Å². The largest absolute Gasteiger partial charge is 0.386 e. The zero-order chi connectivity index (χ0) is 21.3. The highest BCUT2D eigenvalue weighted by atomic mass is 35.5. The molecule has 0 saturated heterocycles. The van der Waals surface area contributed by atoms with Crippen LogP contribution in [0.2, 0.25) is 10.0 Å². The van der Waals surface area contributed by atoms with E-state index >= 15 is 0 Å². The molecule has 0 bridgehead atoms. The molecule has 8 heteroatoms. The van der Waals surface area contributed by atoms with Crippen molar-refractivity contribution in [2.24, 2.45) is 21.6 Å². The van der Waals surface area contributed by atoms with Gasteiger partial charge >= 0.3 is 0 Å². The summed E-state index contributed by atoms with van der Waals surface area (Å²) in [6.07, 6.45) is 3.34. The third kappa shape index (κ3) is 2.94. The number of halogens is 2. The van der Waals surface area contributed by atoms with Crippen LogP contribution in [0.4, 0.5) is 0 Å². The summed E-state index contributed by atoms with van der Waals surface area (Å²) in [5.74, 6) is -2.22. The Morgan fingerprint density at radius 1 is 1.10 bits per heavy atom. The third-order valence-electron chi connectivity index (χ3n) is 5.79. The standard InChI is InChI=1S/C21H24Cl2N4O2/c1-3-5-9-28-21(29-10-6-4-2)20(13-25)17(19(20,12-24)18(26)27-21)15-8-7-14(22)11-16(15)23/h7-8,11,17H,3-6,9-10H2,1-2H3,(H2,26,27). The molecule has 1 saturated carbocycles. The maximum atomic E-state index is 10.3. The zero-order valence-electron chi connectivity index (χ0n) is 16.5. The SMILES string of the molecule is CCCCOC1(OCCCC)N=C(N)C2(C#N)C(c3ccc(Cl)cc3Cl)C12C#N. The van der Waals surface area contributed by atoms with E-state index in [0.717, 1.165) is 25.7 Å². The van der Waals surface area contributed by atoms with Crippen LogP contribution in [0.1, 0.15) is 51.0 Å². The van der Waals surface area contributed by atoms with Crippen molar-refractivity contribution in [2.75, 3.05) is 13.2 Å². The Kier molecular flexibility index (Phi) is 6.13. The van der Waals surface area contributed by atoms with Crippen LogP contribution >= 0.6 is 23.2 Å². The van der Waals surface area contributed by atoms with Crippen molar-refractivity contribution < 1.29 is 9.47 Å². The predicted molar refractivity (Wildman–Crippen MR) is 111 cm³/mol. The van der Waals surface area contributed by atoms with Gasteiger partial charge in [-0.25, -0.2) is 4.99 Å². The molecular formula is C21H24Cl2N4O2. The predicted octanol–water partition coefficient (Wildman–Crippen LogP) is 4.77. The molecule has 1 aromatic rings. The van der Waals surface area contributed by atoms with Crippen LogP contribution in [-0.4, -0.2) is 25.0 Å². The second kappa shape index (κ2) is 8.13. The van der Waals surface area contributed by atoms with Crippen molar-refractivity contribution in [3.05, 3.63) is 33.8 Å². The summed E-state index contributed by atoms with van der Waals surface area (Å²) in [6.45, 7) is 4.75. The summed E-state index contributed by atoms with van der Waals surface area (Å²) >= 11 is 12.5. The van der Waals surface area contributed by atoms with Crippen LogP contribution in [0.25, 0.3) is 0 Å². The number of aliphatic imine (C=N–C) groups is 1. The van der Waals surface area contributed by atoms with Crippen LogP contribution in [0.15, 0.2) is 23.2 Å². The summed E-state index contributed by atoms with van der Waals surface area (Å²) in [6, 6.07) is 9.56. The van der Waals surface area contributed by atoms with Gasteiger partial charge in [0.2, 0.25) is 0 Å². The molecule has 154 valence electrons. The molecule has 3 unspecified atom stereocenters. The lowest BCUT2D eigenvalue weighted by Crippen LogP contribution is -2.44. The minimum absolute atomic E-state index is 0.0468. The van der Waals surface area contributed by atoms with Gasteiger partial charge in [-0.05, 0) is 30.5 Å². The summed E-state index contributed by atoms with van der Waals surface area (Å²) in [5, 5.41) is 21.3. The Hall–Kier alpha value is -1.83. The second-order valence-electron chi connectivity index (χ2n) is 7.42. The fourth-order valence-electron chi connectivity index (χ4n) is 4.27. The molecule has 3 rings (SSSR count). The van der Waals surface area contributed by atoms with Gasteiger partial charge < -0.3 is 15.2 Å². The van der Waals surface area contributed by atoms with Crippen LogP contribution in [0.5, 0.6) is 0 Å². The number of hydrogen-bond acceptors (Lipinski definition) is 6. The van der Waals surface area contributed by atoms with Crippen molar-refractivity contribution >= 4 is 29.0 Å². The maximum Gasteiger partial charge on any atom is 0.293 e. The van der Waals surface area contributed by atoms with E-state index in [1.807, 2.05) is 13.8 Å². The van der Waals surface area contributed by atoms with Crippen molar-refractivity contribution in [3.63, 3.8) is 0 Å². The molecule has 0 spiro atoms.